The van der Waals surface area contributed by atoms with Crippen LogP contribution in [0.25, 0.3) is 22.0 Å². The van der Waals surface area contributed by atoms with Gasteiger partial charge in [-0.15, -0.1) is 0 Å². The summed E-state index contributed by atoms with van der Waals surface area (Å²) in [7, 11) is 4.63. The molecule has 0 fully saturated rings. The molecule has 0 spiro atoms. The second kappa shape index (κ2) is 10.7. The van der Waals surface area contributed by atoms with Crippen molar-refractivity contribution in [3.05, 3.63) is 86.8 Å². The maximum absolute atomic E-state index is 13.6. The number of para-hydroxylation sites is 1. The average molecular weight is 538 g/mol. The minimum absolute atomic E-state index is 0.0844. The Morgan fingerprint density at radius 3 is 2.41 bits per heavy atom. The zero-order valence-corrected chi connectivity index (χ0v) is 22.3. The lowest BCUT2D eigenvalue weighted by molar-refractivity contribution is -0.114. The number of pyridine rings is 2. The van der Waals surface area contributed by atoms with Crippen LogP contribution in [0.4, 0.5) is 11.5 Å². The number of ether oxygens (including phenoxy) is 2. The smallest absolute Gasteiger partial charge is 0.258 e. The quantitative estimate of drug-likeness (QED) is 0.266. The first-order chi connectivity index (χ1) is 17.7. The summed E-state index contributed by atoms with van der Waals surface area (Å²) >= 11 is 13.2. The normalized spacial score (nSPS) is 10.9. The third-order valence-corrected chi connectivity index (χ3v) is 6.94. The second-order valence-corrected chi connectivity index (χ2v) is 9.13. The molecule has 0 radical (unpaired) electrons. The number of benzene rings is 2. The Bertz CT molecular complexity index is 1580. The summed E-state index contributed by atoms with van der Waals surface area (Å²) in [6.07, 6.45) is 3.19. The number of halogens is 2. The number of rotatable bonds is 8. The van der Waals surface area contributed by atoms with Crippen molar-refractivity contribution in [1.82, 2.24) is 9.55 Å². The molecule has 0 bridgehead atoms. The van der Waals surface area contributed by atoms with Gasteiger partial charge in [-0.05, 0) is 30.7 Å². The Hall–Kier alpha value is -3.81. The van der Waals surface area contributed by atoms with Crippen molar-refractivity contribution < 1.29 is 14.3 Å². The molecule has 0 saturated carbocycles. The van der Waals surface area contributed by atoms with E-state index in [1.807, 2.05) is 31.2 Å². The van der Waals surface area contributed by atoms with E-state index in [4.69, 9.17) is 32.7 Å². The van der Waals surface area contributed by atoms with Gasteiger partial charge in [-0.3, -0.25) is 9.59 Å². The van der Waals surface area contributed by atoms with E-state index in [9.17, 15) is 9.59 Å². The van der Waals surface area contributed by atoms with Gasteiger partial charge < -0.3 is 19.4 Å². The summed E-state index contributed by atoms with van der Waals surface area (Å²) in [5.74, 6) is 1.15. The number of methoxy groups -OCH3 is 2. The predicted octanol–water partition coefficient (Wildman–Crippen LogP) is 6.27. The van der Waals surface area contributed by atoms with Crippen molar-refractivity contribution in [2.75, 3.05) is 19.5 Å². The van der Waals surface area contributed by atoms with Crippen molar-refractivity contribution in [3.63, 3.8) is 0 Å². The Balaban J connectivity index is 1.87. The summed E-state index contributed by atoms with van der Waals surface area (Å²) in [5.41, 5.74) is 3.32. The molecule has 0 atom stereocenters. The van der Waals surface area contributed by atoms with Gasteiger partial charge in [0.1, 0.15) is 17.3 Å². The Kier molecular flexibility index (Phi) is 7.57. The van der Waals surface area contributed by atoms with E-state index < -0.39 is 0 Å². The lowest BCUT2D eigenvalue weighted by Gasteiger charge is -2.18. The van der Waals surface area contributed by atoms with Crippen molar-refractivity contribution in [3.8, 4) is 22.6 Å². The highest BCUT2D eigenvalue weighted by molar-refractivity contribution is 6.41. The Morgan fingerprint density at radius 2 is 1.78 bits per heavy atom. The highest BCUT2D eigenvalue weighted by Crippen LogP contribution is 2.45. The molecule has 2 heterocycles. The number of allylic oxidation sites excluding steroid dienone is 1. The first-order valence-electron chi connectivity index (χ1n) is 11.3. The molecule has 0 aliphatic rings. The fourth-order valence-corrected chi connectivity index (χ4v) is 4.99. The zero-order chi connectivity index (χ0) is 26.9. The average Bonchev–Trinajstić information content (AvgIpc) is 2.89. The van der Waals surface area contributed by atoms with Crippen LogP contribution in [-0.2, 0) is 18.3 Å². The predicted molar refractivity (Wildman–Crippen MR) is 149 cm³/mol. The van der Waals surface area contributed by atoms with Crippen LogP contribution in [0.5, 0.6) is 11.5 Å². The maximum Gasteiger partial charge on any atom is 0.258 e. The van der Waals surface area contributed by atoms with Crippen LogP contribution in [0.2, 0.25) is 10.0 Å². The first-order valence-corrected chi connectivity index (χ1v) is 12.1. The summed E-state index contributed by atoms with van der Waals surface area (Å²) in [6.45, 7) is 5.43. The minimum Gasteiger partial charge on any atom is -0.495 e. The lowest BCUT2D eigenvalue weighted by atomic mass is 10.0. The number of hydrogen-bond donors (Lipinski definition) is 1. The van der Waals surface area contributed by atoms with Crippen LogP contribution in [0.15, 0.2) is 60.0 Å². The lowest BCUT2D eigenvalue weighted by Crippen LogP contribution is -2.20. The molecule has 0 aliphatic carbocycles. The highest BCUT2D eigenvalue weighted by Gasteiger charge is 2.23. The van der Waals surface area contributed by atoms with Gasteiger partial charge in [0.15, 0.2) is 5.78 Å². The molecular formula is C28H25Cl2N3O4. The first kappa shape index (κ1) is 26.3. The van der Waals surface area contributed by atoms with Crippen molar-refractivity contribution in [2.24, 2.45) is 7.05 Å². The number of nitrogens with one attached hydrogen (secondary N) is 1. The van der Waals surface area contributed by atoms with E-state index in [2.05, 4.69) is 16.9 Å². The van der Waals surface area contributed by atoms with E-state index in [1.165, 1.54) is 20.3 Å². The van der Waals surface area contributed by atoms with Crippen molar-refractivity contribution in [2.45, 2.75) is 13.3 Å². The van der Waals surface area contributed by atoms with Gasteiger partial charge in [-0.25, -0.2) is 4.98 Å². The molecule has 2 aromatic carbocycles. The molecule has 0 amide bonds. The summed E-state index contributed by atoms with van der Waals surface area (Å²) < 4.78 is 12.3. The standard InChI is InChI=1S/C28H25Cl2N3O4/c1-6-18(34)11-16-9-7-8-10-20(16)32-27-15(2)26-17(14-31-27)12-19(28(35)33(26)3)23-24(29)21(36-4)13-22(37-5)25(23)30/h6-10,12-14H,1,11H2,2-5H3,(H,31,32). The Morgan fingerprint density at radius 1 is 1.14 bits per heavy atom. The largest absolute Gasteiger partial charge is 0.495 e. The van der Waals surface area contributed by atoms with Gasteiger partial charge in [-0.2, -0.15) is 0 Å². The van der Waals surface area contributed by atoms with Crippen LogP contribution in [0.3, 0.4) is 0 Å². The van der Waals surface area contributed by atoms with E-state index >= 15 is 0 Å². The summed E-state index contributed by atoms with van der Waals surface area (Å²) in [6, 6.07) is 10.8. The number of ketones is 1. The number of nitrogens with zero attached hydrogens (tertiary/aromatic N) is 2. The SMILES string of the molecule is C=CC(=O)Cc1ccccc1Nc1ncc2cc(-c3c(Cl)c(OC)cc(OC)c3Cl)c(=O)n(C)c2c1C. The molecule has 2 aromatic heterocycles. The van der Waals surface area contributed by atoms with Gasteiger partial charge in [0.05, 0.1) is 35.3 Å². The fourth-order valence-electron chi connectivity index (χ4n) is 4.28. The zero-order valence-electron chi connectivity index (χ0n) is 20.8. The topological polar surface area (TPSA) is 82.5 Å². The molecule has 0 aliphatic heterocycles. The van der Waals surface area contributed by atoms with Gasteiger partial charge >= 0.3 is 0 Å². The molecule has 37 heavy (non-hydrogen) atoms. The number of aryl methyl sites for hydroxylation is 2. The molecule has 4 aromatic rings. The second-order valence-electron chi connectivity index (χ2n) is 8.37. The number of aromatic nitrogens is 2. The van der Waals surface area contributed by atoms with Crippen LogP contribution in [-0.4, -0.2) is 29.6 Å². The molecule has 4 rings (SSSR count). The van der Waals surface area contributed by atoms with Crippen molar-refractivity contribution >= 4 is 51.4 Å². The Labute approximate surface area is 224 Å². The molecule has 9 heteroatoms. The van der Waals surface area contributed by atoms with Crippen LogP contribution < -0.4 is 20.3 Å². The molecule has 190 valence electrons. The van der Waals surface area contributed by atoms with E-state index in [1.54, 1.807) is 29.9 Å². The van der Waals surface area contributed by atoms with Gasteiger partial charge in [0.2, 0.25) is 0 Å². The van der Waals surface area contributed by atoms with Crippen LogP contribution in [0.1, 0.15) is 11.1 Å². The number of fused-ring (bicyclic) bond motifs is 1. The van der Waals surface area contributed by atoms with Gasteiger partial charge in [0, 0.05) is 47.9 Å². The minimum atomic E-state index is -0.302. The van der Waals surface area contributed by atoms with E-state index in [-0.39, 0.29) is 33.4 Å². The highest BCUT2D eigenvalue weighted by atomic mass is 35.5. The van der Waals surface area contributed by atoms with E-state index in [0.29, 0.717) is 33.8 Å². The monoisotopic (exact) mass is 537 g/mol. The van der Waals surface area contributed by atoms with Crippen LogP contribution >= 0.6 is 23.2 Å². The third-order valence-electron chi connectivity index (χ3n) is 6.19. The number of hydrogen-bond acceptors (Lipinski definition) is 6. The molecular weight excluding hydrogens is 513 g/mol. The van der Waals surface area contributed by atoms with Crippen molar-refractivity contribution in [1.29, 1.82) is 0 Å². The van der Waals surface area contributed by atoms with Gasteiger partial charge in [-0.1, -0.05) is 48.0 Å². The maximum atomic E-state index is 13.6. The molecule has 0 unspecified atom stereocenters. The third kappa shape index (κ3) is 4.80. The molecule has 7 nitrogen and oxygen atoms in total. The molecule has 0 saturated heterocycles. The van der Waals surface area contributed by atoms with E-state index in [0.717, 1.165) is 16.8 Å². The summed E-state index contributed by atoms with van der Waals surface area (Å²) in [5, 5.41) is 4.44. The summed E-state index contributed by atoms with van der Waals surface area (Å²) in [4.78, 5) is 30.2. The molecule has 1 N–H and O–H groups in total. The van der Waals surface area contributed by atoms with Gasteiger partial charge in [0.25, 0.3) is 5.56 Å². The number of carbonyl (C=O) groups excluding carboxylic acids is 1. The van der Waals surface area contributed by atoms with Crippen LogP contribution in [0, 0.1) is 6.92 Å². The number of anilines is 2. The number of carbonyl (C=O) groups is 1. The fraction of sp³-hybridized carbons (Fsp3) is 0.179.